The summed E-state index contributed by atoms with van der Waals surface area (Å²) in [6, 6.07) is 10.8. The van der Waals surface area contributed by atoms with Gasteiger partial charge in [-0.05, 0) is 29.8 Å². The van der Waals surface area contributed by atoms with Crippen molar-refractivity contribution < 1.29 is 9.18 Å². The molecule has 4 N–H and O–H groups in total. The van der Waals surface area contributed by atoms with E-state index in [1.807, 2.05) is 0 Å². The summed E-state index contributed by atoms with van der Waals surface area (Å²) < 4.78 is 13.8. The summed E-state index contributed by atoms with van der Waals surface area (Å²) in [4.78, 5) is 11.2. The van der Waals surface area contributed by atoms with E-state index in [2.05, 4.69) is 0 Å². The number of benzene rings is 2. The number of nitrogen functional groups attached to an aromatic ring is 1. The highest BCUT2D eigenvalue weighted by Crippen LogP contribution is 2.27. The van der Waals surface area contributed by atoms with Gasteiger partial charge >= 0.3 is 0 Å². The van der Waals surface area contributed by atoms with Crippen molar-refractivity contribution in [3.05, 3.63) is 53.8 Å². The number of rotatable bonds is 2. The standard InChI is InChI=1S/C13H11FN2O/c14-11-3-1-2-10(13(16)17)12(11)8-4-6-9(15)7-5-8/h1-7H,15H2,(H2,16,17). The lowest BCUT2D eigenvalue weighted by atomic mass is 9.98. The first kappa shape index (κ1) is 11.1. The molecule has 0 aromatic heterocycles. The third-order valence-corrected chi connectivity index (χ3v) is 2.48. The fraction of sp³-hybridized carbons (Fsp3) is 0. The van der Waals surface area contributed by atoms with Gasteiger partial charge < -0.3 is 11.5 Å². The first-order chi connectivity index (χ1) is 8.09. The van der Waals surface area contributed by atoms with Gasteiger partial charge in [-0.25, -0.2) is 4.39 Å². The second-order valence-electron chi connectivity index (χ2n) is 3.65. The molecule has 86 valence electrons. The number of carbonyl (C=O) groups is 1. The second kappa shape index (κ2) is 4.25. The Morgan fingerprint density at radius 1 is 1.06 bits per heavy atom. The van der Waals surface area contributed by atoms with E-state index >= 15 is 0 Å². The summed E-state index contributed by atoms with van der Waals surface area (Å²) >= 11 is 0. The van der Waals surface area contributed by atoms with Crippen LogP contribution in [0.25, 0.3) is 11.1 Å². The first-order valence-electron chi connectivity index (χ1n) is 5.04. The van der Waals surface area contributed by atoms with Gasteiger partial charge in [0, 0.05) is 16.8 Å². The smallest absolute Gasteiger partial charge is 0.249 e. The molecule has 2 aromatic carbocycles. The largest absolute Gasteiger partial charge is 0.399 e. The van der Waals surface area contributed by atoms with Gasteiger partial charge in [0.25, 0.3) is 0 Å². The molecule has 0 unspecified atom stereocenters. The van der Waals surface area contributed by atoms with E-state index < -0.39 is 11.7 Å². The molecule has 0 fully saturated rings. The van der Waals surface area contributed by atoms with Crippen molar-refractivity contribution in [2.75, 3.05) is 5.73 Å². The highest BCUT2D eigenvalue weighted by atomic mass is 19.1. The third-order valence-electron chi connectivity index (χ3n) is 2.48. The Kier molecular flexibility index (Phi) is 2.78. The number of amides is 1. The molecule has 0 bridgehead atoms. The average molecular weight is 230 g/mol. The Labute approximate surface area is 97.9 Å². The molecule has 0 heterocycles. The van der Waals surface area contributed by atoms with Crippen LogP contribution < -0.4 is 11.5 Å². The number of halogens is 1. The molecule has 0 spiro atoms. The molecule has 0 radical (unpaired) electrons. The summed E-state index contributed by atoms with van der Waals surface area (Å²) in [6.07, 6.45) is 0. The number of hydrogen-bond donors (Lipinski definition) is 2. The maximum absolute atomic E-state index is 13.8. The number of carbonyl (C=O) groups excluding carboxylic acids is 1. The fourth-order valence-corrected chi connectivity index (χ4v) is 1.67. The minimum absolute atomic E-state index is 0.162. The monoisotopic (exact) mass is 230 g/mol. The molecule has 2 rings (SSSR count). The minimum Gasteiger partial charge on any atom is -0.399 e. The molecule has 0 aliphatic rings. The van der Waals surface area contributed by atoms with Crippen LogP contribution in [0.2, 0.25) is 0 Å². The van der Waals surface area contributed by atoms with Crippen molar-refractivity contribution in [3.63, 3.8) is 0 Å². The van der Waals surface area contributed by atoms with Gasteiger partial charge in [-0.15, -0.1) is 0 Å². The van der Waals surface area contributed by atoms with Gasteiger partial charge in [0.1, 0.15) is 5.82 Å². The van der Waals surface area contributed by atoms with Gasteiger partial charge in [-0.2, -0.15) is 0 Å². The molecule has 3 nitrogen and oxygen atoms in total. The lowest BCUT2D eigenvalue weighted by Crippen LogP contribution is -2.13. The Morgan fingerprint density at radius 2 is 1.71 bits per heavy atom. The number of hydrogen-bond acceptors (Lipinski definition) is 2. The predicted molar refractivity (Wildman–Crippen MR) is 64.8 cm³/mol. The van der Waals surface area contributed by atoms with E-state index in [1.54, 1.807) is 24.3 Å². The fourth-order valence-electron chi connectivity index (χ4n) is 1.67. The van der Waals surface area contributed by atoms with Crippen LogP contribution in [0.5, 0.6) is 0 Å². The van der Waals surface area contributed by atoms with Crippen LogP contribution in [0.4, 0.5) is 10.1 Å². The SMILES string of the molecule is NC(=O)c1cccc(F)c1-c1ccc(N)cc1. The van der Waals surface area contributed by atoms with Crippen LogP contribution in [-0.4, -0.2) is 5.91 Å². The molecule has 4 heteroatoms. The quantitative estimate of drug-likeness (QED) is 0.776. The average Bonchev–Trinajstić information content (AvgIpc) is 2.30. The van der Waals surface area contributed by atoms with Gasteiger partial charge in [-0.3, -0.25) is 4.79 Å². The summed E-state index contributed by atoms with van der Waals surface area (Å²) in [5.74, 6) is -1.14. The summed E-state index contributed by atoms with van der Waals surface area (Å²) in [6.45, 7) is 0. The Balaban J connectivity index is 2.65. The zero-order valence-corrected chi connectivity index (χ0v) is 8.98. The van der Waals surface area contributed by atoms with E-state index in [0.29, 0.717) is 11.3 Å². The van der Waals surface area contributed by atoms with Crippen molar-refractivity contribution in [3.8, 4) is 11.1 Å². The Hall–Kier alpha value is -2.36. The highest BCUT2D eigenvalue weighted by molar-refractivity contribution is 6.00. The maximum atomic E-state index is 13.8. The van der Waals surface area contributed by atoms with Crippen LogP contribution in [0.15, 0.2) is 42.5 Å². The zero-order chi connectivity index (χ0) is 12.4. The zero-order valence-electron chi connectivity index (χ0n) is 8.98. The minimum atomic E-state index is -0.656. The van der Waals surface area contributed by atoms with E-state index in [0.717, 1.165) is 0 Å². The molecular formula is C13H11FN2O. The number of primary amides is 1. The lowest BCUT2D eigenvalue weighted by molar-refractivity contribution is 0.100. The number of nitrogens with two attached hydrogens (primary N) is 2. The van der Waals surface area contributed by atoms with Crippen LogP contribution in [0.3, 0.4) is 0 Å². The normalized spacial score (nSPS) is 10.2. The molecule has 0 saturated carbocycles. The predicted octanol–water partition coefficient (Wildman–Crippen LogP) is 2.17. The number of anilines is 1. The lowest BCUT2D eigenvalue weighted by Gasteiger charge is -2.08. The highest BCUT2D eigenvalue weighted by Gasteiger charge is 2.14. The molecule has 2 aromatic rings. The van der Waals surface area contributed by atoms with Gasteiger partial charge in [0.05, 0.1) is 0 Å². The van der Waals surface area contributed by atoms with Crippen LogP contribution in [0, 0.1) is 5.82 Å². The summed E-state index contributed by atoms with van der Waals surface area (Å²) in [7, 11) is 0. The molecule has 0 saturated heterocycles. The maximum Gasteiger partial charge on any atom is 0.249 e. The first-order valence-corrected chi connectivity index (χ1v) is 5.04. The van der Waals surface area contributed by atoms with Crippen molar-refractivity contribution in [1.82, 2.24) is 0 Å². The molecule has 1 amide bonds. The van der Waals surface area contributed by atoms with Crippen LogP contribution in [0.1, 0.15) is 10.4 Å². The van der Waals surface area contributed by atoms with Crippen molar-refractivity contribution >= 4 is 11.6 Å². The van der Waals surface area contributed by atoms with Crippen LogP contribution >= 0.6 is 0 Å². The van der Waals surface area contributed by atoms with Gasteiger partial charge in [-0.1, -0.05) is 18.2 Å². The molecule has 0 aliphatic heterocycles. The van der Waals surface area contributed by atoms with E-state index in [1.165, 1.54) is 18.2 Å². The topological polar surface area (TPSA) is 69.1 Å². The molecule has 0 atom stereocenters. The second-order valence-corrected chi connectivity index (χ2v) is 3.65. The van der Waals surface area contributed by atoms with E-state index in [4.69, 9.17) is 11.5 Å². The van der Waals surface area contributed by atoms with Gasteiger partial charge in [0.15, 0.2) is 0 Å². The molecule has 0 aliphatic carbocycles. The summed E-state index contributed by atoms with van der Waals surface area (Å²) in [5, 5.41) is 0. The van der Waals surface area contributed by atoms with Crippen molar-refractivity contribution in [2.24, 2.45) is 5.73 Å². The van der Waals surface area contributed by atoms with Gasteiger partial charge in [0.2, 0.25) is 5.91 Å². The van der Waals surface area contributed by atoms with E-state index in [9.17, 15) is 9.18 Å². The molecule has 17 heavy (non-hydrogen) atoms. The van der Waals surface area contributed by atoms with E-state index in [-0.39, 0.29) is 11.1 Å². The third kappa shape index (κ3) is 2.10. The Morgan fingerprint density at radius 3 is 2.29 bits per heavy atom. The van der Waals surface area contributed by atoms with Crippen molar-refractivity contribution in [1.29, 1.82) is 0 Å². The van der Waals surface area contributed by atoms with Crippen LogP contribution in [-0.2, 0) is 0 Å². The summed E-state index contributed by atoms with van der Waals surface area (Å²) in [5.41, 5.74) is 12.3. The van der Waals surface area contributed by atoms with Crippen molar-refractivity contribution in [2.45, 2.75) is 0 Å². The Bertz CT molecular complexity index is 564. The molecular weight excluding hydrogens is 219 g/mol.